The minimum atomic E-state index is 0.0797. The lowest BCUT2D eigenvalue weighted by atomic mass is 10.0. The maximum Gasteiger partial charge on any atom is 0.114 e. The van der Waals surface area contributed by atoms with E-state index in [9.17, 15) is 0 Å². The number of rotatable bonds is 3. The van der Waals surface area contributed by atoms with Crippen molar-refractivity contribution >= 4 is 0 Å². The van der Waals surface area contributed by atoms with Crippen LogP contribution < -0.4 is 0 Å². The largest absolute Gasteiger partial charge is 0.369 e. The van der Waals surface area contributed by atoms with E-state index in [4.69, 9.17) is 4.74 Å². The fourth-order valence-electron chi connectivity index (χ4n) is 3.35. The molecule has 0 radical (unpaired) electrons. The summed E-state index contributed by atoms with van der Waals surface area (Å²) in [4.78, 5) is 14.0. The number of nitrogens with zero attached hydrogens (tertiary/aromatic N) is 4. The average Bonchev–Trinajstić information content (AvgIpc) is 2.56. The van der Waals surface area contributed by atoms with Crippen LogP contribution in [0.4, 0.5) is 0 Å². The molecule has 2 saturated heterocycles. The second-order valence-electron chi connectivity index (χ2n) is 6.10. The van der Waals surface area contributed by atoms with Gasteiger partial charge in [-0.2, -0.15) is 0 Å². The van der Waals surface area contributed by atoms with Crippen LogP contribution in [0, 0.1) is 6.92 Å². The Kier molecular flexibility index (Phi) is 4.83. The zero-order chi connectivity index (χ0) is 14.7. The molecule has 0 aromatic carbocycles. The number of hydrogen-bond donors (Lipinski definition) is 0. The van der Waals surface area contributed by atoms with Crippen LogP contribution in [-0.2, 0) is 4.74 Å². The van der Waals surface area contributed by atoms with Gasteiger partial charge >= 0.3 is 0 Å². The summed E-state index contributed by atoms with van der Waals surface area (Å²) < 4.78 is 5.91. The Balaban J connectivity index is 1.59. The highest BCUT2D eigenvalue weighted by atomic mass is 16.5. The van der Waals surface area contributed by atoms with Crippen LogP contribution in [-0.4, -0.2) is 65.1 Å². The molecule has 0 N–H and O–H groups in total. The first-order valence-corrected chi connectivity index (χ1v) is 8.13. The molecule has 116 valence electrons. The second kappa shape index (κ2) is 6.81. The lowest BCUT2D eigenvalue weighted by Crippen LogP contribution is -2.49. The number of aryl methyl sites for hydroxylation is 1. The van der Waals surface area contributed by atoms with E-state index in [0.717, 1.165) is 31.1 Å². The molecule has 0 amide bonds. The van der Waals surface area contributed by atoms with E-state index < -0.39 is 0 Å². The maximum atomic E-state index is 5.91. The fourth-order valence-corrected chi connectivity index (χ4v) is 3.35. The molecule has 0 spiro atoms. The molecule has 3 heterocycles. The smallest absolute Gasteiger partial charge is 0.114 e. The van der Waals surface area contributed by atoms with Crippen LogP contribution in [0.2, 0.25) is 0 Å². The zero-order valence-electron chi connectivity index (χ0n) is 13.2. The summed E-state index contributed by atoms with van der Waals surface area (Å²) in [5, 5.41) is 0. The monoisotopic (exact) mass is 290 g/mol. The molecule has 1 aromatic rings. The molecule has 3 rings (SSSR count). The van der Waals surface area contributed by atoms with Gasteiger partial charge in [-0.25, -0.2) is 0 Å². The summed E-state index contributed by atoms with van der Waals surface area (Å²) in [5.74, 6) is 0. The minimum absolute atomic E-state index is 0.0797. The van der Waals surface area contributed by atoms with Gasteiger partial charge in [0, 0.05) is 25.3 Å². The van der Waals surface area contributed by atoms with E-state index in [1.807, 2.05) is 19.3 Å². The molecular weight excluding hydrogens is 264 g/mol. The van der Waals surface area contributed by atoms with Crippen LogP contribution in [0.1, 0.15) is 37.3 Å². The van der Waals surface area contributed by atoms with Crippen LogP contribution in [0.25, 0.3) is 0 Å². The summed E-state index contributed by atoms with van der Waals surface area (Å²) in [5.41, 5.74) is 1.93. The van der Waals surface area contributed by atoms with Gasteiger partial charge < -0.3 is 9.64 Å². The van der Waals surface area contributed by atoms with E-state index in [-0.39, 0.29) is 6.10 Å². The normalized spacial score (nSPS) is 26.1. The van der Waals surface area contributed by atoms with Gasteiger partial charge in [0.25, 0.3) is 0 Å². The Morgan fingerprint density at radius 2 is 2.00 bits per heavy atom. The van der Waals surface area contributed by atoms with Gasteiger partial charge in [0.05, 0.1) is 24.2 Å². The average molecular weight is 290 g/mol. The number of hydrogen-bond acceptors (Lipinski definition) is 5. The van der Waals surface area contributed by atoms with Crippen molar-refractivity contribution in [3.05, 3.63) is 23.8 Å². The number of piperidine rings is 1. The summed E-state index contributed by atoms with van der Waals surface area (Å²) in [6.45, 7) is 10.7. The van der Waals surface area contributed by atoms with E-state index >= 15 is 0 Å². The van der Waals surface area contributed by atoms with Crippen molar-refractivity contribution in [3.63, 3.8) is 0 Å². The van der Waals surface area contributed by atoms with Gasteiger partial charge in [-0.1, -0.05) is 6.92 Å². The molecule has 2 fully saturated rings. The second-order valence-corrected chi connectivity index (χ2v) is 6.10. The number of likely N-dealkylation sites (tertiary alicyclic amines) is 1. The third-order valence-corrected chi connectivity index (χ3v) is 4.75. The van der Waals surface area contributed by atoms with Crippen molar-refractivity contribution in [2.24, 2.45) is 0 Å². The molecule has 1 atom stereocenters. The van der Waals surface area contributed by atoms with E-state index in [0.29, 0.717) is 6.04 Å². The Morgan fingerprint density at radius 1 is 1.19 bits per heavy atom. The first kappa shape index (κ1) is 14.9. The SMILES string of the molecule is CCN1CCC(N2CCO[C@H](c3cnc(C)cn3)C2)CC1. The van der Waals surface area contributed by atoms with E-state index in [1.165, 1.54) is 32.5 Å². The highest BCUT2D eigenvalue weighted by Crippen LogP contribution is 2.25. The van der Waals surface area contributed by atoms with Crippen molar-refractivity contribution in [1.29, 1.82) is 0 Å². The number of aromatic nitrogens is 2. The fraction of sp³-hybridized carbons (Fsp3) is 0.750. The molecule has 2 aliphatic heterocycles. The third kappa shape index (κ3) is 3.59. The third-order valence-electron chi connectivity index (χ3n) is 4.75. The van der Waals surface area contributed by atoms with Gasteiger partial charge in [0.1, 0.15) is 6.10 Å². The van der Waals surface area contributed by atoms with Crippen molar-refractivity contribution in [1.82, 2.24) is 19.8 Å². The van der Waals surface area contributed by atoms with Crippen LogP contribution in [0.5, 0.6) is 0 Å². The lowest BCUT2D eigenvalue weighted by molar-refractivity contribution is -0.0552. The topological polar surface area (TPSA) is 41.5 Å². The predicted octanol–water partition coefficient (Wildman–Crippen LogP) is 1.64. The lowest BCUT2D eigenvalue weighted by Gasteiger charge is -2.41. The number of ether oxygens (including phenoxy) is 1. The van der Waals surface area contributed by atoms with E-state index in [1.54, 1.807) is 0 Å². The first-order chi connectivity index (χ1) is 10.3. The Hall–Kier alpha value is -1.04. The standard InChI is InChI=1S/C16H26N4O/c1-3-19-6-4-14(5-7-19)20-8-9-21-16(12-20)15-11-17-13(2)10-18-15/h10-11,14,16H,3-9,12H2,1-2H3/t16-/m0/s1. The van der Waals surface area contributed by atoms with Crippen molar-refractivity contribution in [2.45, 2.75) is 38.8 Å². The Bertz CT molecular complexity index is 442. The van der Waals surface area contributed by atoms with Gasteiger partial charge in [-0.3, -0.25) is 14.9 Å². The highest BCUT2D eigenvalue weighted by Gasteiger charge is 2.30. The molecule has 2 aliphatic rings. The molecule has 5 heteroatoms. The number of morpholine rings is 1. The summed E-state index contributed by atoms with van der Waals surface area (Å²) in [6.07, 6.45) is 6.33. The van der Waals surface area contributed by atoms with Crippen molar-refractivity contribution in [2.75, 3.05) is 39.3 Å². The quantitative estimate of drug-likeness (QED) is 0.846. The molecule has 5 nitrogen and oxygen atoms in total. The highest BCUT2D eigenvalue weighted by molar-refractivity contribution is 5.05. The van der Waals surface area contributed by atoms with Gasteiger partial charge in [-0.15, -0.1) is 0 Å². The summed E-state index contributed by atoms with van der Waals surface area (Å²) >= 11 is 0. The summed E-state index contributed by atoms with van der Waals surface area (Å²) in [7, 11) is 0. The van der Waals surface area contributed by atoms with Crippen molar-refractivity contribution in [3.8, 4) is 0 Å². The molecular formula is C16H26N4O. The van der Waals surface area contributed by atoms with E-state index in [2.05, 4.69) is 26.7 Å². The predicted molar refractivity (Wildman–Crippen MR) is 82.2 cm³/mol. The van der Waals surface area contributed by atoms with Gasteiger partial charge in [0.15, 0.2) is 0 Å². The van der Waals surface area contributed by atoms with Gasteiger partial charge in [-0.05, 0) is 39.4 Å². The molecule has 1 aromatic heterocycles. The van der Waals surface area contributed by atoms with Crippen molar-refractivity contribution < 1.29 is 4.74 Å². The van der Waals surface area contributed by atoms with Gasteiger partial charge in [0.2, 0.25) is 0 Å². The molecule has 0 unspecified atom stereocenters. The summed E-state index contributed by atoms with van der Waals surface area (Å²) in [6, 6.07) is 0.706. The van der Waals surface area contributed by atoms with Crippen LogP contribution in [0.3, 0.4) is 0 Å². The minimum Gasteiger partial charge on any atom is -0.369 e. The zero-order valence-corrected chi connectivity index (χ0v) is 13.2. The molecule has 0 saturated carbocycles. The maximum absolute atomic E-state index is 5.91. The molecule has 0 bridgehead atoms. The Morgan fingerprint density at radius 3 is 2.67 bits per heavy atom. The first-order valence-electron chi connectivity index (χ1n) is 8.13. The van der Waals surface area contributed by atoms with Crippen LogP contribution >= 0.6 is 0 Å². The molecule has 21 heavy (non-hydrogen) atoms. The van der Waals surface area contributed by atoms with Crippen LogP contribution in [0.15, 0.2) is 12.4 Å². The molecule has 0 aliphatic carbocycles. The Labute approximate surface area is 127 Å².